The Balaban J connectivity index is 1.63. The van der Waals surface area contributed by atoms with Gasteiger partial charge in [0.25, 0.3) is 5.91 Å². The van der Waals surface area contributed by atoms with Crippen LogP contribution in [0, 0.1) is 5.41 Å². The van der Waals surface area contributed by atoms with Gasteiger partial charge in [0.1, 0.15) is 0 Å². The first kappa shape index (κ1) is 20.1. The molecule has 0 aliphatic carbocycles. The Morgan fingerprint density at radius 1 is 0.833 bits per heavy atom. The van der Waals surface area contributed by atoms with E-state index in [1.54, 1.807) is 0 Å². The summed E-state index contributed by atoms with van der Waals surface area (Å²) < 4.78 is 0. The van der Waals surface area contributed by atoms with E-state index in [1.165, 1.54) is 0 Å². The number of pyridine rings is 1. The van der Waals surface area contributed by atoms with Crippen LogP contribution in [0.1, 0.15) is 31.1 Å². The van der Waals surface area contributed by atoms with Gasteiger partial charge in [-0.2, -0.15) is 0 Å². The topological polar surface area (TPSA) is 53.5 Å². The smallest absolute Gasteiger partial charge is 0.254 e. The van der Waals surface area contributed by atoms with E-state index >= 15 is 0 Å². The second-order valence-corrected chi connectivity index (χ2v) is 8.77. The Morgan fingerprint density at radius 2 is 1.43 bits per heavy atom. The molecule has 0 radical (unpaired) electrons. The summed E-state index contributed by atoms with van der Waals surface area (Å²) in [6, 6.07) is 19.6. The maximum absolute atomic E-state index is 13.5. The lowest BCUT2D eigenvalue weighted by Crippen LogP contribution is -2.53. The fourth-order valence-electron chi connectivity index (χ4n) is 3.87. The molecule has 1 saturated heterocycles. The molecular formula is C25H27N3O2. The Morgan fingerprint density at radius 3 is 2.10 bits per heavy atom. The van der Waals surface area contributed by atoms with Crippen LogP contribution in [0.2, 0.25) is 0 Å². The third-order valence-electron chi connectivity index (χ3n) is 5.51. The molecule has 3 aromatic rings. The lowest BCUT2D eigenvalue weighted by Gasteiger charge is -2.37. The molecule has 30 heavy (non-hydrogen) atoms. The van der Waals surface area contributed by atoms with Crippen molar-refractivity contribution in [2.45, 2.75) is 20.8 Å². The number of hydrogen-bond acceptors (Lipinski definition) is 3. The predicted octanol–water partition coefficient (Wildman–Crippen LogP) is 4.23. The monoisotopic (exact) mass is 401 g/mol. The molecule has 1 aliphatic rings. The molecular weight excluding hydrogens is 374 g/mol. The average Bonchev–Trinajstić information content (AvgIpc) is 2.77. The van der Waals surface area contributed by atoms with Gasteiger partial charge in [0.15, 0.2) is 0 Å². The summed E-state index contributed by atoms with van der Waals surface area (Å²) in [6.07, 6.45) is 0. The van der Waals surface area contributed by atoms with Gasteiger partial charge in [0, 0.05) is 42.5 Å². The fraction of sp³-hybridized carbons (Fsp3) is 0.320. The Labute approximate surface area is 177 Å². The van der Waals surface area contributed by atoms with Crippen molar-refractivity contribution in [2.75, 3.05) is 26.2 Å². The first-order valence-electron chi connectivity index (χ1n) is 10.4. The number of rotatable bonds is 2. The van der Waals surface area contributed by atoms with Crippen LogP contribution in [0.25, 0.3) is 22.2 Å². The molecule has 1 aliphatic heterocycles. The van der Waals surface area contributed by atoms with E-state index < -0.39 is 5.41 Å². The van der Waals surface area contributed by atoms with Crippen molar-refractivity contribution < 1.29 is 9.59 Å². The average molecular weight is 402 g/mol. The van der Waals surface area contributed by atoms with Gasteiger partial charge in [-0.05, 0) is 12.1 Å². The minimum Gasteiger partial charge on any atom is -0.339 e. The van der Waals surface area contributed by atoms with Gasteiger partial charge < -0.3 is 9.80 Å². The van der Waals surface area contributed by atoms with Gasteiger partial charge in [-0.15, -0.1) is 0 Å². The molecule has 2 aromatic carbocycles. The van der Waals surface area contributed by atoms with Gasteiger partial charge in [-0.3, -0.25) is 9.59 Å². The molecule has 2 heterocycles. The molecule has 1 aromatic heterocycles. The van der Waals surface area contributed by atoms with Gasteiger partial charge in [-0.25, -0.2) is 4.98 Å². The molecule has 0 unspecified atom stereocenters. The van der Waals surface area contributed by atoms with Crippen molar-refractivity contribution in [3.63, 3.8) is 0 Å². The van der Waals surface area contributed by atoms with E-state index in [9.17, 15) is 9.59 Å². The number of aromatic nitrogens is 1. The Bertz CT molecular complexity index is 1080. The Hall–Kier alpha value is -3.21. The summed E-state index contributed by atoms with van der Waals surface area (Å²) >= 11 is 0. The molecule has 0 spiro atoms. The second kappa shape index (κ2) is 7.90. The fourth-order valence-corrected chi connectivity index (χ4v) is 3.87. The number of amides is 2. The molecule has 1 fully saturated rings. The van der Waals surface area contributed by atoms with Crippen LogP contribution in [0.4, 0.5) is 0 Å². The van der Waals surface area contributed by atoms with Crippen LogP contribution >= 0.6 is 0 Å². The molecule has 0 N–H and O–H groups in total. The van der Waals surface area contributed by atoms with Gasteiger partial charge in [-0.1, -0.05) is 69.3 Å². The first-order chi connectivity index (χ1) is 14.3. The third kappa shape index (κ3) is 3.92. The summed E-state index contributed by atoms with van der Waals surface area (Å²) in [5.74, 6) is 0.129. The zero-order chi connectivity index (χ0) is 21.3. The van der Waals surface area contributed by atoms with E-state index in [0.717, 1.165) is 22.2 Å². The number of hydrogen-bond donors (Lipinski definition) is 0. The quantitative estimate of drug-likeness (QED) is 0.646. The van der Waals surface area contributed by atoms with Crippen molar-refractivity contribution >= 4 is 22.7 Å². The van der Waals surface area contributed by atoms with Gasteiger partial charge in [0.05, 0.1) is 16.8 Å². The van der Waals surface area contributed by atoms with E-state index in [4.69, 9.17) is 4.98 Å². The number of para-hydroxylation sites is 1. The zero-order valence-electron chi connectivity index (χ0n) is 17.8. The largest absolute Gasteiger partial charge is 0.339 e. The van der Waals surface area contributed by atoms with Gasteiger partial charge in [0.2, 0.25) is 5.91 Å². The molecule has 0 bridgehead atoms. The number of nitrogens with zero attached hydrogens (tertiary/aromatic N) is 3. The third-order valence-corrected chi connectivity index (χ3v) is 5.51. The highest BCUT2D eigenvalue weighted by Crippen LogP contribution is 2.26. The highest BCUT2D eigenvalue weighted by Gasteiger charge is 2.31. The van der Waals surface area contributed by atoms with Crippen molar-refractivity contribution in [2.24, 2.45) is 5.41 Å². The molecule has 0 saturated carbocycles. The summed E-state index contributed by atoms with van der Waals surface area (Å²) in [7, 11) is 0. The molecule has 5 nitrogen and oxygen atoms in total. The molecule has 5 heteroatoms. The zero-order valence-corrected chi connectivity index (χ0v) is 17.8. The standard InChI is InChI=1S/C25H27N3O2/c1-25(2,3)24(30)28-15-13-27(14-16-28)23(29)20-17-22(18-9-5-4-6-10-18)26-21-12-8-7-11-19(20)21/h4-12,17H,13-16H2,1-3H3. The van der Waals surface area contributed by atoms with Crippen LogP contribution in [0.5, 0.6) is 0 Å². The lowest BCUT2D eigenvalue weighted by atomic mass is 9.94. The molecule has 0 atom stereocenters. The van der Waals surface area contributed by atoms with Crippen molar-refractivity contribution in [3.05, 3.63) is 66.2 Å². The SMILES string of the molecule is CC(C)(C)C(=O)N1CCN(C(=O)c2cc(-c3ccccc3)nc3ccccc23)CC1. The summed E-state index contributed by atoms with van der Waals surface area (Å²) in [6.45, 7) is 8.01. The lowest BCUT2D eigenvalue weighted by molar-refractivity contribution is -0.140. The van der Waals surface area contributed by atoms with Crippen LogP contribution in [0.3, 0.4) is 0 Å². The van der Waals surface area contributed by atoms with Crippen LogP contribution in [-0.2, 0) is 4.79 Å². The number of fused-ring (bicyclic) bond motifs is 1. The summed E-state index contributed by atoms with van der Waals surface area (Å²) in [5, 5.41) is 0.857. The maximum Gasteiger partial charge on any atom is 0.254 e. The minimum absolute atomic E-state index is 0.00589. The first-order valence-corrected chi connectivity index (χ1v) is 10.4. The van der Waals surface area contributed by atoms with E-state index in [-0.39, 0.29) is 11.8 Å². The highest BCUT2D eigenvalue weighted by atomic mass is 16.2. The van der Waals surface area contributed by atoms with Crippen LogP contribution in [0.15, 0.2) is 60.7 Å². The highest BCUT2D eigenvalue weighted by molar-refractivity contribution is 6.07. The second-order valence-electron chi connectivity index (χ2n) is 8.77. The predicted molar refractivity (Wildman–Crippen MR) is 119 cm³/mol. The van der Waals surface area contributed by atoms with Crippen LogP contribution in [-0.4, -0.2) is 52.8 Å². The van der Waals surface area contributed by atoms with E-state index in [1.807, 2.05) is 91.2 Å². The molecule has 154 valence electrons. The number of benzene rings is 2. The minimum atomic E-state index is -0.405. The van der Waals surface area contributed by atoms with Crippen LogP contribution < -0.4 is 0 Å². The van der Waals surface area contributed by atoms with Crippen molar-refractivity contribution in [3.8, 4) is 11.3 Å². The molecule has 4 rings (SSSR count). The van der Waals surface area contributed by atoms with Crippen molar-refractivity contribution in [1.82, 2.24) is 14.8 Å². The van der Waals surface area contributed by atoms with Gasteiger partial charge >= 0.3 is 0 Å². The summed E-state index contributed by atoms with van der Waals surface area (Å²) in [5.41, 5.74) is 2.84. The maximum atomic E-state index is 13.5. The molecule has 2 amide bonds. The summed E-state index contributed by atoms with van der Waals surface area (Å²) in [4.78, 5) is 34.5. The Kier molecular flexibility index (Phi) is 5.29. The number of carbonyl (C=O) groups is 2. The normalized spacial score (nSPS) is 14.8. The van der Waals surface area contributed by atoms with E-state index in [0.29, 0.717) is 31.7 Å². The number of carbonyl (C=O) groups excluding carboxylic acids is 2. The van der Waals surface area contributed by atoms with Crippen molar-refractivity contribution in [1.29, 1.82) is 0 Å². The number of piperazine rings is 1. The van der Waals surface area contributed by atoms with E-state index in [2.05, 4.69) is 0 Å².